The standard InChI is InChI=1S/C10H20N6/c1-8(7-16-5-3-2-4-6-16)12-10-13-9(11)14-15-10/h8H,2-7H2,1H3,(H4,11,12,13,14,15). The Morgan fingerprint density at radius 3 is 2.81 bits per heavy atom. The smallest absolute Gasteiger partial charge is 0.243 e. The summed E-state index contributed by atoms with van der Waals surface area (Å²) in [6, 6.07) is 0.341. The van der Waals surface area contributed by atoms with Crippen molar-refractivity contribution in [2.45, 2.75) is 32.2 Å². The fourth-order valence-corrected chi connectivity index (χ4v) is 2.13. The highest BCUT2D eigenvalue weighted by Crippen LogP contribution is 2.10. The molecular formula is C10H20N6. The van der Waals surface area contributed by atoms with Crippen LogP contribution in [0.5, 0.6) is 0 Å². The van der Waals surface area contributed by atoms with Gasteiger partial charge in [0.15, 0.2) is 0 Å². The number of hydrogen-bond acceptors (Lipinski definition) is 5. The zero-order valence-corrected chi connectivity index (χ0v) is 9.74. The Morgan fingerprint density at radius 2 is 2.19 bits per heavy atom. The average molecular weight is 224 g/mol. The molecule has 2 rings (SSSR count). The lowest BCUT2D eigenvalue weighted by Crippen LogP contribution is -2.38. The molecule has 1 fully saturated rings. The van der Waals surface area contributed by atoms with Crippen molar-refractivity contribution in [1.29, 1.82) is 0 Å². The molecule has 1 aliphatic heterocycles. The summed E-state index contributed by atoms with van der Waals surface area (Å²) in [5.41, 5.74) is 5.46. The third kappa shape index (κ3) is 3.10. The quantitative estimate of drug-likeness (QED) is 0.700. The first-order chi connectivity index (χ1) is 7.74. The molecular weight excluding hydrogens is 204 g/mol. The highest BCUT2D eigenvalue weighted by atomic mass is 15.3. The molecule has 90 valence electrons. The van der Waals surface area contributed by atoms with Crippen LogP contribution in [0.25, 0.3) is 0 Å². The van der Waals surface area contributed by atoms with Gasteiger partial charge >= 0.3 is 0 Å². The lowest BCUT2D eigenvalue weighted by Gasteiger charge is -2.29. The summed E-state index contributed by atoms with van der Waals surface area (Å²) in [4.78, 5) is 6.51. The van der Waals surface area contributed by atoms with Crippen molar-refractivity contribution in [2.24, 2.45) is 0 Å². The van der Waals surface area contributed by atoms with E-state index < -0.39 is 0 Å². The molecule has 0 bridgehead atoms. The van der Waals surface area contributed by atoms with Gasteiger partial charge in [-0.25, -0.2) is 5.10 Å². The Labute approximate surface area is 95.6 Å². The first kappa shape index (κ1) is 11.2. The van der Waals surface area contributed by atoms with Crippen LogP contribution in [0.2, 0.25) is 0 Å². The lowest BCUT2D eigenvalue weighted by atomic mass is 10.1. The van der Waals surface area contributed by atoms with Crippen molar-refractivity contribution < 1.29 is 0 Å². The van der Waals surface area contributed by atoms with Crippen LogP contribution in [0, 0.1) is 0 Å². The van der Waals surface area contributed by atoms with E-state index in [9.17, 15) is 0 Å². The topological polar surface area (TPSA) is 82.9 Å². The number of rotatable bonds is 4. The highest BCUT2D eigenvalue weighted by Gasteiger charge is 2.14. The van der Waals surface area contributed by atoms with Crippen LogP contribution in [-0.4, -0.2) is 45.8 Å². The normalized spacial score (nSPS) is 19.6. The van der Waals surface area contributed by atoms with Crippen LogP contribution >= 0.6 is 0 Å². The number of aromatic amines is 1. The van der Waals surface area contributed by atoms with E-state index in [2.05, 4.69) is 32.3 Å². The van der Waals surface area contributed by atoms with E-state index in [0.29, 0.717) is 17.9 Å². The second-order valence-electron chi connectivity index (χ2n) is 4.45. The molecule has 6 nitrogen and oxygen atoms in total. The molecule has 1 atom stereocenters. The van der Waals surface area contributed by atoms with Crippen LogP contribution in [0.1, 0.15) is 26.2 Å². The Hall–Kier alpha value is -1.30. The van der Waals surface area contributed by atoms with Crippen molar-refractivity contribution in [2.75, 3.05) is 30.7 Å². The van der Waals surface area contributed by atoms with Gasteiger partial charge in [-0.15, -0.1) is 5.10 Å². The number of likely N-dealkylation sites (tertiary alicyclic amines) is 1. The van der Waals surface area contributed by atoms with E-state index in [1.807, 2.05) is 0 Å². The molecule has 0 saturated carbocycles. The molecule has 16 heavy (non-hydrogen) atoms. The number of hydrogen-bond donors (Lipinski definition) is 3. The van der Waals surface area contributed by atoms with Crippen LogP contribution in [0.4, 0.5) is 11.9 Å². The predicted octanol–water partition coefficient (Wildman–Crippen LogP) is 0.673. The fourth-order valence-electron chi connectivity index (χ4n) is 2.13. The Balaban J connectivity index is 1.77. The molecule has 1 saturated heterocycles. The number of piperidine rings is 1. The molecule has 0 radical (unpaired) electrons. The second-order valence-corrected chi connectivity index (χ2v) is 4.45. The van der Waals surface area contributed by atoms with Crippen LogP contribution in [-0.2, 0) is 0 Å². The van der Waals surface area contributed by atoms with Crippen LogP contribution in [0.3, 0.4) is 0 Å². The van der Waals surface area contributed by atoms with E-state index in [-0.39, 0.29) is 0 Å². The van der Waals surface area contributed by atoms with E-state index in [1.54, 1.807) is 0 Å². The SMILES string of the molecule is CC(CN1CCCCC1)Nc1n[nH]c(N)n1. The summed E-state index contributed by atoms with van der Waals surface area (Å²) in [6.45, 7) is 5.60. The molecule has 1 aliphatic rings. The van der Waals surface area contributed by atoms with Gasteiger partial charge in [0, 0.05) is 12.6 Å². The van der Waals surface area contributed by atoms with Gasteiger partial charge in [0.05, 0.1) is 0 Å². The third-order valence-electron chi connectivity index (χ3n) is 2.86. The first-order valence-electron chi connectivity index (χ1n) is 5.91. The van der Waals surface area contributed by atoms with Gasteiger partial charge in [-0.05, 0) is 32.9 Å². The number of H-pyrrole nitrogens is 1. The summed E-state index contributed by atoms with van der Waals surface area (Å²) in [5.74, 6) is 0.940. The molecule has 6 heteroatoms. The lowest BCUT2D eigenvalue weighted by molar-refractivity contribution is 0.223. The molecule has 0 aromatic carbocycles. The Kier molecular flexibility index (Phi) is 3.61. The second kappa shape index (κ2) is 5.16. The predicted molar refractivity (Wildman–Crippen MR) is 64.2 cm³/mol. The van der Waals surface area contributed by atoms with Crippen LogP contribution < -0.4 is 11.1 Å². The van der Waals surface area contributed by atoms with Crippen molar-refractivity contribution in [3.05, 3.63) is 0 Å². The molecule has 1 aromatic heterocycles. The summed E-state index contributed by atoms with van der Waals surface area (Å²) >= 11 is 0. The number of nitrogens with zero attached hydrogens (tertiary/aromatic N) is 3. The molecule has 1 unspecified atom stereocenters. The molecule has 2 heterocycles. The largest absolute Gasteiger partial charge is 0.368 e. The summed E-state index contributed by atoms with van der Waals surface area (Å²) in [6.07, 6.45) is 4.01. The first-order valence-corrected chi connectivity index (χ1v) is 5.91. The molecule has 0 spiro atoms. The Bertz CT molecular complexity index is 317. The number of anilines is 2. The monoisotopic (exact) mass is 224 g/mol. The van der Waals surface area contributed by atoms with Gasteiger partial charge in [-0.1, -0.05) is 6.42 Å². The summed E-state index contributed by atoms with van der Waals surface area (Å²) in [7, 11) is 0. The molecule has 1 aromatic rings. The van der Waals surface area contributed by atoms with Crippen molar-refractivity contribution >= 4 is 11.9 Å². The third-order valence-corrected chi connectivity index (χ3v) is 2.86. The van der Waals surface area contributed by atoms with Gasteiger partial charge in [-0.2, -0.15) is 4.98 Å². The maximum absolute atomic E-state index is 5.46. The number of aromatic nitrogens is 3. The average Bonchev–Trinajstić information content (AvgIpc) is 2.65. The van der Waals surface area contributed by atoms with Gasteiger partial charge in [0.1, 0.15) is 0 Å². The van der Waals surface area contributed by atoms with Gasteiger partial charge in [0.25, 0.3) is 0 Å². The van der Waals surface area contributed by atoms with Crippen molar-refractivity contribution in [1.82, 2.24) is 20.1 Å². The van der Waals surface area contributed by atoms with E-state index in [0.717, 1.165) is 6.54 Å². The number of nitrogens with one attached hydrogen (secondary N) is 2. The fraction of sp³-hybridized carbons (Fsp3) is 0.800. The number of nitrogen functional groups attached to an aromatic ring is 1. The summed E-state index contributed by atoms with van der Waals surface area (Å²) < 4.78 is 0. The zero-order chi connectivity index (χ0) is 11.4. The zero-order valence-electron chi connectivity index (χ0n) is 9.74. The Morgan fingerprint density at radius 1 is 1.44 bits per heavy atom. The minimum absolute atomic E-state index is 0.341. The summed E-state index contributed by atoms with van der Waals surface area (Å²) in [5, 5.41) is 9.81. The number of nitrogens with two attached hydrogens (primary N) is 1. The van der Waals surface area contributed by atoms with E-state index in [4.69, 9.17) is 5.73 Å². The van der Waals surface area contributed by atoms with E-state index >= 15 is 0 Å². The van der Waals surface area contributed by atoms with Gasteiger partial charge in [0.2, 0.25) is 11.9 Å². The molecule has 0 aliphatic carbocycles. The van der Waals surface area contributed by atoms with Gasteiger partial charge < -0.3 is 16.0 Å². The van der Waals surface area contributed by atoms with E-state index in [1.165, 1.54) is 32.4 Å². The molecule has 4 N–H and O–H groups in total. The van der Waals surface area contributed by atoms with Crippen molar-refractivity contribution in [3.8, 4) is 0 Å². The van der Waals surface area contributed by atoms with Crippen molar-refractivity contribution in [3.63, 3.8) is 0 Å². The van der Waals surface area contributed by atoms with Crippen LogP contribution in [0.15, 0.2) is 0 Å². The minimum atomic E-state index is 0.341. The maximum atomic E-state index is 5.46. The maximum Gasteiger partial charge on any atom is 0.243 e. The minimum Gasteiger partial charge on any atom is -0.368 e. The van der Waals surface area contributed by atoms with Gasteiger partial charge in [-0.3, -0.25) is 0 Å². The highest BCUT2D eigenvalue weighted by molar-refractivity contribution is 5.30. The molecule has 0 amide bonds.